The monoisotopic (exact) mass is 355 g/mol. The smallest absolute Gasteiger partial charge is 0.240 e. The van der Waals surface area contributed by atoms with Crippen LogP contribution in [0.5, 0.6) is 0 Å². The summed E-state index contributed by atoms with van der Waals surface area (Å²) >= 11 is 0. The molecule has 2 saturated heterocycles. The lowest BCUT2D eigenvalue weighted by Crippen LogP contribution is -2.60. The minimum Gasteiger partial charge on any atom is -0.354 e. The lowest BCUT2D eigenvalue weighted by atomic mass is 9.85. The van der Waals surface area contributed by atoms with Gasteiger partial charge in [0.05, 0.1) is 0 Å². The molecule has 3 heterocycles. The van der Waals surface area contributed by atoms with E-state index in [1.165, 1.54) is 5.56 Å². The van der Waals surface area contributed by atoms with Crippen molar-refractivity contribution in [3.8, 4) is 11.4 Å². The van der Waals surface area contributed by atoms with Crippen LogP contribution in [0.2, 0.25) is 0 Å². The molecule has 1 spiro atoms. The van der Waals surface area contributed by atoms with Crippen molar-refractivity contribution in [2.75, 3.05) is 33.2 Å². The number of benzene rings is 1. The van der Waals surface area contributed by atoms with E-state index in [1.807, 2.05) is 12.1 Å². The lowest BCUT2D eigenvalue weighted by molar-refractivity contribution is -0.134. The van der Waals surface area contributed by atoms with Crippen LogP contribution in [-0.4, -0.2) is 75.1 Å². The highest BCUT2D eigenvalue weighted by atomic mass is 16.2. The second-order valence-electron chi connectivity index (χ2n) is 7.27. The summed E-state index contributed by atoms with van der Waals surface area (Å²) in [7, 11) is 2.09. The van der Waals surface area contributed by atoms with Crippen LogP contribution in [0.25, 0.3) is 11.4 Å². The first-order valence-corrected chi connectivity index (χ1v) is 9.22. The molecule has 2 N–H and O–H groups in total. The summed E-state index contributed by atoms with van der Waals surface area (Å²) in [6, 6.07) is 8.28. The van der Waals surface area contributed by atoms with Crippen LogP contribution >= 0.6 is 0 Å². The Balaban J connectivity index is 1.38. The molecule has 1 aromatic carbocycles. The van der Waals surface area contributed by atoms with Crippen LogP contribution in [0.1, 0.15) is 24.8 Å². The van der Waals surface area contributed by atoms with Gasteiger partial charge in [0.15, 0.2) is 0 Å². The molecule has 0 radical (unpaired) electrons. The number of carbonyl (C=O) groups is 1. The Labute approximate surface area is 152 Å². The molecule has 0 aliphatic carbocycles. The third-order valence-corrected chi connectivity index (χ3v) is 5.76. The molecule has 0 unspecified atom stereocenters. The van der Waals surface area contributed by atoms with Crippen LogP contribution in [0, 0.1) is 0 Å². The predicted molar refractivity (Wildman–Crippen MR) is 97.1 cm³/mol. The molecule has 1 amide bonds. The Kier molecular flexibility index (Phi) is 4.69. The molecule has 4 rings (SSSR count). The molecular weight excluding hydrogens is 330 g/mol. The summed E-state index contributed by atoms with van der Waals surface area (Å²) in [5.41, 5.74) is 1.89. The van der Waals surface area contributed by atoms with Crippen LogP contribution < -0.4 is 5.32 Å². The highest BCUT2D eigenvalue weighted by Gasteiger charge is 2.45. The number of amides is 1. The molecule has 2 aromatic rings. The minimum atomic E-state index is -0.324. The number of tetrazole rings is 1. The maximum absolute atomic E-state index is 12.6. The molecule has 0 atom stereocenters. The predicted octanol–water partition coefficient (Wildman–Crippen LogP) is 0.653. The van der Waals surface area contributed by atoms with Gasteiger partial charge in [-0.25, -0.2) is 0 Å². The number of aromatic amines is 1. The molecule has 138 valence electrons. The second-order valence-corrected chi connectivity index (χ2v) is 7.27. The summed E-state index contributed by atoms with van der Waals surface area (Å²) in [5, 5.41) is 17.2. The standard InChI is InChI=1S/C18H25N7O/c1-24-10-2-9-19-17(26)18(24)7-11-25(12-8-18)13-14-3-5-15(6-4-14)16-20-22-23-21-16/h3-6H,2,7-13H2,1H3,(H,19,26)(H,20,21,22,23). The number of nitrogens with zero attached hydrogens (tertiary/aromatic N) is 5. The van der Waals surface area contributed by atoms with Crippen molar-refractivity contribution in [1.29, 1.82) is 0 Å². The van der Waals surface area contributed by atoms with E-state index in [-0.39, 0.29) is 11.4 Å². The molecular formula is C18H25N7O. The van der Waals surface area contributed by atoms with Gasteiger partial charge >= 0.3 is 0 Å². The van der Waals surface area contributed by atoms with Crippen molar-refractivity contribution in [2.24, 2.45) is 0 Å². The first-order chi connectivity index (χ1) is 12.7. The van der Waals surface area contributed by atoms with Crippen molar-refractivity contribution in [2.45, 2.75) is 31.3 Å². The Morgan fingerprint density at radius 1 is 1.15 bits per heavy atom. The van der Waals surface area contributed by atoms with E-state index < -0.39 is 0 Å². The van der Waals surface area contributed by atoms with Crippen LogP contribution in [-0.2, 0) is 11.3 Å². The van der Waals surface area contributed by atoms with Gasteiger partial charge in [-0.2, -0.15) is 5.21 Å². The number of carbonyl (C=O) groups excluding carboxylic acids is 1. The average Bonchev–Trinajstić information content (AvgIpc) is 3.17. The Morgan fingerprint density at radius 3 is 2.62 bits per heavy atom. The number of H-pyrrole nitrogens is 1. The number of piperidine rings is 1. The van der Waals surface area contributed by atoms with Gasteiger partial charge in [-0.05, 0) is 37.1 Å². The summed E-state index contributed by atoms with van der Waals surface area (Å²) in [6.45, 7) is 4.54. The Bertz CT molecular complexity index is 735. The molecule has 0 saturated carbocycles. The lowest BCUT2D eigenvalue weighted by Gasteiger charge is -2.45. The number of likely N-dealkylation sites (N-methyl/N-ethyl adjacent to an activating group) is 1. The second kappa shape index (κ2) is 7.13. The van der Waals surface area contributed by atoms with E-state index in [0.29, 0.717) is 5.82 Å². The quantitative estimate of drug-likeness (QED) is 0.840. The fraction of sp³-hybridized carbons (Fsp3) is 0.556. The number of hydrogen-bond donors (Lipinski definition) is 2. The summed E-state index contributed by atoms with van der Waals surface area (Å²) in [4.78, 5) is 17.3. The van der Waals surface area contributed by atoms with E-state index in [2.05, 4.69) is 54.9 Å². The first-order valence-electron chi connectivity index (χ1n) is 9.22. The number of nitrogens with one attached hydrogen (secondary N) is 2. The highest BCUT2D eigenvalue weighted by molar-refractivity contribution is 5.86. The molecule has 8 heteroatoms. The third kappa shape index (κ3) is 3.22. The van der Waals surface area contributed by atoms with Gasteiger partial charge in [0, 0.05) is 38.3 Å². The Morgan fingerprint density at radius 2 is 1.92 bits per heavy atom. The van der Waals surface area contributed by atoms with Crippen molar-refractivity contribution < 1.29 is 4.79 Å². The van der Waals surface area contributed by atoms with Crippen molar-refractivity contribution >= 4 is 5.91 Å². The van der Waals surface area contributed by atoms with E-state index in [9.17, 15) is 4.79 Å². The molecule has 26 heavy (non-hydrogen) atoms. The zero-order chi connectivity index (χ0) is 18.0. The maximum atomic E-state index is 12.6. The third-order valence-electron chi connectivity index (χ3n) is 5.76. The van der Waals surface area contributed by atoms with Gasteiger partial charge in [-0.3, -0.25) is 14.6 Å². The maximum Gasteiger partial charge on any atom is 0.240 e. The van der Waals surface area contributed by atoms with Gasteiger partial charge in [0.25, 0.3) is 0 Å². The van der Waals surface area contributed by atoms with Gasteiger partial charge in [-0.15, -0.1) is 10.2 Å². The number of hydrogen-bond acceptors (Lipinski definition) is 6. The van der Waals surface area contributed by atoms with Gasteiger partial charge in [0.2, 0.25) is 11.7 Å². The van der Waals surface area contributed by atoms with Crippen LogP contribution in [0.4, 0.5) is 0 Å². The minimum absolute atomic E-state index is 0.210. The van der Waals surface area contributed by atoms with Gasteiger partial charge in [0.1, 0.15) is 5.54 Å². The first kappa shape index (κ1) is 17.1. The Hall–Kier alpha value is -2.32. The van der Waals surface area contributed by atoms with Crippen molar-refractivity contribution in [1.82, 2.24) is 35.7 Å². The zero-order valence-electron chi connectivity index (χ0n) is 15.1. The summed E-state index contributed by atoms with van der Waals surface area (Å²) in [5.74, 6) is 0.820. The topological polar surface area (TPSA) is 90.0 Å². The molecule has 8 nitrogen and oxygen atoms in total. The van der Waals surface area contributed by atoms with Gasteiger partial charge < -0.3 is 5.32 Å². The van der Waals surface area contributed by atoms with Crippen molar-refractivity contribution in [3.05, 3.63) is 29.8 Å². The van der Waals surface area contributed by atoms with Crippen LogP contribution in [0.3, 0.4) is 0 Å². The van der Waals surface area contributed by atoms with E-state index in [0.717, 1.165) is 57.5 Å². The highest BCUT2D eigenvalue weighted by Crippen LogP contribution is 2.30. The van der Waals surface area contributed by atoms with Crippen LogP contribution in [0.15, 0.2) is 24.3 Å². The molecule has 2 fully saturated rings. The number of rotatable bonds is 3. The molecule has 2 aliphatic rings. The largest absolute Gasteiger partial charge is 0.354 e. The summed E-state index contributed by atoms with van der Waals surface area (Å²) in [6.07, 6.45) is 2.80. The average molecular weight is 355 g/mol. The van der Waals surface area contributed by atoms with Gasteiger partial charge in [-0.1, -0.05) is 24.3 Å². The van der Waals surface area contributed by atoms with Crippen molar-refractivity contribution in [3.63, 3.8) is 0 Å². The SMILES string of the molecule is CN1CCCNC(=O)C12CCN(Cc1ccc(-c3nn[nH]n3)cc1)CC2. The molecule has 1 aromatic heterocycles. The van der Waals surface area contributed by atoms with E-state index >= 15 is 0 Å². The van der Waals surface area contributed by atoms with E-state index in [1.54, 1.807) is 0 Å². The number of aromatic nitrogens is 4. The zero-order valence-corrected chi connectivity index (χ0v) is 15.1. The summed E-state index contributed by atoms with van der Waals surface area (Å²) < 4.78 is 0. The molecule has 0 bridgehead atoms. The fourth-order valence-corrected chi connectivity index (χ4v) is 4.06. The van der Waals surface area contributed by atoms with E-state index in [4.69, 9.17) is 0 Å². The fourth-order valence-electron chi connectivity index (χ4n) is 4.06. The normalized spacial score (nSPS) is 21.5. The molecule has 2 aliphatic heterocycles. The number of likely N-dealkylation sites (tertiary alicyclic amines) is 1.